The quantitative estimate of drug-likeness (QED) is 0.653. The van der Waals surface area contributed by atoms with Crippen molar-refractivity contribution in [2.45, 2.75) is 25.7 Å². The van der Waals surface area contributed by atoms with Gasteiger partial charge in [-0.2, -0.15) is 0 Å². The van der Waals surface area contributed by atoms with Gasteiger partial charge in [-0.05, 0) is 37.0 Å². The van der Waals surface area contributed by atoms with E-state index in [4.69, 9.17) is 5.11 Å². The molecular formula is C9H18ClNO. The number of hydrogen-bond acceptors (Lipinski definition) is 2. The van der Waals surface area contributed by atoms with Crippen molar-refractivity contribution in [3.63, 3.8) is 0 Å². The molecule has 0 unspecified atom stereocenters. The Morgan fingerprint density at radius 3 is 2.17 bits per heavy atom. The average Bonchev–Trinajstić information content (AvgIpc) is 2.02. The largest absolute Gasteiger partial charge is 0.396 e. The molecule has 2 N–H and O–H groups in total. The molecule has 1 aliphatic heterocycles. The van der Waals surface area contributed by atoms with Crippen LogP contribution in [-0.4, -0.2) is 24.8 Å². The van der Waals surface area contributed by atoms with E-state index in [1.165, 1.54) is 38.8 Å². The Labute approximate surface area is 80.1 Å². The Morgan fingerprint density at radius 1 is 1.25 bits per heavy atom. The summed E-state index contributed by atoms with van der Waals surface area (Å²) in [6.45, 7) is 2.86. The first-order chi connectivity index (χ1) is 5.35. The number of aliphatic hydroxyl groups excluding tert-OH is 1. The van der Waals surface area contributed by atoms with Crippen molar-refractivity contribution in [1.82, 2.24) is 5.32 Å². The maximum Gasteiger partial charge on any atom is 0.0459 e. The van der Waals surface area contributed by atoms with Crippen molar-refractivity contribution in [2.75, 3.05) is 19.7 Å². The normalized spacial score (nSPS) is 27.8. The second-order valence-electron chi connectivity index (χ2n) is 4.23. The minimum absolute atomic E-state index is 0. The summed E-state index contributed by atoms with van der Waals surface area (Å²) in [5.41, 5.74) is 0.658. The maximum absolute atomic E-state index is 8.94. The lowest BCUT2D eigenvalue weighted by Gasteiger charge is -2.47. The van der Waals surface area contributed by atoms with E-state index in [1.807, 2.05) is 0 Å². The van der Waals surface area contributed by atoms with Gasteiger partial charge in [-0.3, -0.25) is 0 Å². The second kappa shape index (κ2) is 3.95. The Kier molecular flexibility index (Phi) is 3.38. The minimum atomic E-state index is 0. The summed E-state index contributed by atoms with van der Waals surface area (Å²) in [4.78, 5) is 0. The first-order valence-corrected chi connectivity index (χ1v) is 4.66. The van der Waals surface area contributed by atoms with Crippen LogP contribution in [0.3, 0.4) is 0 Å². The highest BCUT2D eigenvalue weighted by Crippen LogP contribution is 2.41. The molecule has 1 saturated carbocycles. The molecule has 1 aliphatic carbocycles. The van der Waals surface area contributed by atoms with E-state index >= 15 is 0 Å². The third kappa shape index (κ3) is 1.76. The Bertz CT molecular complexity index is 137. The molecule has 0 aromatic rings. The van der Waals surface area contributed by atoms with E-state index in [0.717, 1.165) is 0 Å². The average molecular weight is 192 g/mol. The van der Waals surface area contributed by atoms with E-state index in [0.29, 0.717) is 17.9 Å². The minimum Gasteiger partial charge on any atom is -0.396 e. The Hall–Kier alpha value is 0.210. The van der Waals surface area contributed by atoms with E-state index in [1.54, 1.807) is 0 Å². The summed E-state index contributed by atoms with van der Waals surface area (Å²) in [7, 11) is 0. The molecule has 2 aliphatic rings. The summed E-state index contributed by atoms with van der Waals surface area (Å²) in [5, 5.41) is 12.3. The van der Waals surface area contributed by atoms with Crippen LogP contribution in [0.2, 0.25) is 0 Å². The van der Waals surface area contributed by atoms with Crippen LogP contribution in [0.15, 0.2) is 0 Å². The van der Waals surface area contributed by atoms with Gasteiger partial charge in [-0.15, -0.1) is 12.4 Å². The molecule has 2 rings (SSSR count). The molecule has 12 heavy (non-hydrogen) atoms. The summed E-state index contributed by atoms with van der Waals surface area (Å²) in [6.07, 6.45) is 5.17. The Morgan fingerprint density at radius 2 is 1.83 bits per heavy atom. The zero-order valence-corrected chi connectivity index (χ0v) is 8.20. The highest BCUT2D eigenvalue weighted by atomic mass is 35.5. The predicted molar refractivity (Wildman–Crippen MR) is 51.6 cm³/mol. The van der Waals surface area contributed by atoms with Gasteiger partial charge in [0.25, 0.3) is 0 Å². The van der Waals surface area contributed by atoms with Crippen LogP contribution in [0.5, 0.6) is 0 Å². The van der Waals surface area contributed by atoms with E-state index in [-0.39, 0.29) is 12.4 Å². The van der Waals surface area contributed by atoms with Gasteiger partial charge in [0.1, 0.15) is 0 Å². The van der Waals surface area contributed by atoms with Gasteiger partial charge < -0.3 is 10.4 Å². The van der Waals surface area contributed by atoms with E-state index in [9.17, 15) is 0 Å². The summed E-state index contributed by atoms with van der Waals surface area (Å²) < 4.78 is 0. The Balaban J connectivity index is 0.000000720. The zero-order valence-electron chi connectivity index (χ0n) is 7.38. The van der Waals surface area contributed by atoms with E-state index in [2.05, 4.69) is 5.32 Å². The van der Waals surface area contributed by atoms with Crippen molar-refractivity contribution in [3.8, 4) is 0 Å². The van der Waals surface area contributed by atoms with Crippen LogP contribution in [0.25, 0.3) is 0 Å². The standard InChI is InChI=1S/C9H17NO.ClH/c11-5-8-1-3-9(4-2-8)6-10-7-9;/h8,10-11H,1-7H2;1H. The molecule has 1 spiro atoms. The van der Waals surface area contributed by atoms with Crippen LogP contribution in [0.1, 0.15) is 25.7 Å². The van der Waals surface area contributed by atoms with Gasteiger partial charge in [-0.1, -0.05) is 0 Å². The first-order valence-electron chi connectivity index (χ1n) is 4.66. The van der Waals surface area contributed by atoms with Gasteiger partial charge >= 0.3 is 0 Å². The van der Waals surface area contributed by atoms with Crippen molar-refractivity contribution in [2.24, 2.45) is 11.3 Å². The smallest absolute Gasteiger partial charge is 0.0459 e. The summed E-state index contributed by atoms with van der Waals surface area (Å²) in [6, 6.07) is 0. The zero-order chi connectivity index (χ0) is 7.73. The van der Waals surface area contributed by atoms with Crippen molar-refractivity contribution >= 4 is 12.4 Å². The fourth-order valence-corrected chi connectivity index (χ4v) is 2.30. The lowest BCUT2D eigenvalue weighted by molar-refractivity contribution is 0.0617. The van der Waals surface area contributed by atoms with Gasteiger partial charge in [-0.25, -0.2) is 0 Å². The highest BCUT2D eigenvalue weighted by molar-refractivity contribution is 5.85. The number of aliphatic hydroxyl groups is 1. The van der Waals surface area contributed by atoms with Crippen LogP contribution in [0, 0.1) is 11.3 Å². The topological polar surface area (TPSA) is 32.3 Å². The molecule has 0 bridgehead atoms. The molecule has 72 valence electrons. The van der Waals surface area contributed by atoms with Crippen molar-refractivity contribution in [3.05, 3.63) is 0 Å². The molecule has 0 radical (unpaired) electrons. The van der Waals surface area contributed by atoms with Crippen LogP contribution in [-0.2, 0) is 0 Å². The number of hydrogen-bond donors (Lipinski definition) is 2. The lowest BCUT2D eigenvalue weighted by Crippen LogP contribution is -2.54. The molecule has 2 fully saturated rings. The molecule has 0 aromatic heterocycles. The van der Waals surface area contributed by atoms with Gasteiger partial charge in [0.05, 0.1) is 0 Å². The molecule has 3 heteroatoms. The molecule has 0 amide bonds. The number of rotatable bonds is 1. The molecule has 0 aromatic carbocycles. The van der Waals surface area contributed by atoms with E-state index < -0.39 is 0 Å². The lowest BCUT2D eigenvalue weighted by atomic mass is 9.67. The summed E-state index contributed by atoms with van der Waals surface area (Å²) in [5.74, 6) is 0.612. The molecular weight excluding hydrogens is 174 g/mol. The summed E-state index contributed by atoms with van der Waals surface area (Å²) >= 11 is 0. The SMILES string of the molecule is Cl.OCC1CCC2(CC1)CNC2. The van der Waals surface area contributed by atoms with Crippen LogP contribution >= 0.6 is 12.4 Å². The fourth-order valence-electron chi connectivity index (χ4n) is 2.30. The van der Waals surface area contributed by atoms with Gasteiger partial charge in [0.2, 0.25) is 0 Å². The maximum atomic E-state index is 8.94. The molecule has 1 heterocycles. The first kappa shape index (κ1) is 10.3. The van der Waals surface area contributed by atoms with Gasteiger partial charge in [0, 0.05) is 19.7 Å². The highest BCUT2D eigenvalue weighted by Gasteiger charge is 2.39. The molecule has 2 nitrogen and oxygen atoms in total. The molecule has 0 atom stereocenters. The number of halogens is 1. The third-order valence-electron chi connectivity index (χ3n) is 3.42. The van der Waals surface area contributed by atoms with Crippen LogP contribution < -0.4 is 5.32 Å². The van der Waals surface area contributed by atoms with Crippen molar-refractivity contribution in [1.29, 1.82) is 0 Å². The van der Waals surface area contributed by atoms with Crippen molar-refractivity contribution < 1.29 is 5.11 Å². The monoisotopic (exact) mass is 191 g/mol. The van der Waals surface area contributed by atoms with Crippen LogP contribution in [0.4, 0.5) is 0 Å². The second-order valence-corrected chi connectivity index (χ2v) is 4.23. The van der Waals surface area contributed by atoms with Gasteiger partial charge in [0.15, 0.2) is 0 Å². The number of nitrogens with one attached hydrogen (secondary N) is 1. The third-order valence-corrected chi connectivity index (χ3v) is 3.42. The fraction of sp³-hybridized carbons (Fsp3) is 1.00. The molecule has 1 saturated heterocycles. The predicted octanol–water partition coefficient (Wildman–Crippen LogP) is 1.18.